The number of carboxylic acids is 1. The Balaban J connectivity index is 1.03. The van der Waals surface area contributed by atoms with E-state index in [2.05, 4.69) is 31.5 Å². The van der Waals surface area contributed by atoms with Gasteiger partial charge in [0.25, 0.3) is 0 Å². The van der Waals surface area contributed by atoms with Crippen LogP contribution in [0, 0.1) is 5.82 Å². The number of nitrogens with zero attached hydrogens (tertiary/aromatic N) is 4. The van der Waals surface area contributed by atoms with Crippen LogP contribution < -0.4 is 15.4 Å². The minimum absolute atomic E-state index is 0.0599. The number of hydrogen-bond acceptors (Lipinski definition) is 8. The molecule has 2 amide bonds. The number of amides is 2. The number of ether oxygens (including phenoxy) is 1. The van der Waals surface area contributed by atoms with Gasteiger partial charge in [-0.05, 0) is 62.1 Å². The fraction of sp³-hybridized carbons (Fsp3) is 0.394. The number of halogens is 1. The number of unbranched alkanes of at least 4 members (excludes halogenated alkanes) is 2. The Hall–Kier alpha value is -4.13. The summed E-state index contributed by atoms with van der Waals surface area (Å²) in [7, 11) is 0. The number of carboxylic acid groups (broad SMARTS) is 1. The first-order valence-corrected chi connectivity index (χ1v) is 16.3. The standard InChI is InChI=1S/C33H37FN6O4S/c34-25-18-24(38-33(43)37-23-6-7-23)8-10-28(25)44-29-11-12-35-27-19-30(45-32(27)29)26-9-5-22(20-36-26)21-40-16-14-39(15-17-40)13-3-1-2-4-31(41)42/h5,8-12,18-20,23H,1-4,6-7,13-17,21H2,(H,41,42)(H2,37,38,43). The highest BCUT2D eigenvalue weighted by Gasteiger charge is 2.23. The maximum atomic E-state index is 14.9. The normalized spacial score (nSPS) is 15.7. The van der Waals surface area contributed by atoms with Gasteiger partial charge in [0.05, 0.1) is 20.8 Å². The van der Waals surface area contributed by atoms with Crippen molar-refractivity contribution in [2.45, 2.75) is 51.1 Å². The summed E-state index contributed by atoms with van der Waals surface area (Å²) in [6, 6.07) is 12.1. The molecule has 4 heterocycles. The van der Waals surface area contributed by atoms with Crippen molar-refractivity contribution in [3.05, 3.63) is 66.2 Å². The number of aliphatic carboxylic acids is 1. The predicted molar refractivity (Wildman–Crippen MR) is 172 cm³/mol. The summed E-state index contributed by atoms with van der Waals surface area (Å²) in [5.74, 6) is -0.732. The minimum atomic E-state index is -0.715. The fourth-order valence-corrected chi connectivity index (χ4v) is 6.41. The number of anilines is 1. The maximum Gasteiger partial charge on any atom is 0.319 e. The first-order valence-electron chi connectivity index (χ1n) is 15.4. The van der Waals surface area contributed by atoms with E-state index in [0.717, 1.165) is 97.7 Å². The van der Waals surface area contributed by atoms with Crippen molar-refractivity contribution in [3.8, 4) is 22.1 Å². The molecule has 0 atom stereocenters. The molecular formula is C33H37FN6O4S. The van der Waals surface area contributed by atoms with Crippen molar-refractivity contribution in [3.63, 3.8) is 0 Å². The smallest absolute Gasteiger partial charge is 0.319 e. The Morgan fingerprint density at radius 3 is 2.53 bits per heavy atom. The molecule has 1 aliphatic carbocycles. The number of hydrogen-bond donors (Lipinski definition) is 3. The third-order valence-electron chi connectivity index (χ3n) is 8.01. The number of carbonyl (C=O) groups excluding carboxylic acids is 1. The quantitative estimate of drug-likeness (QED) is 0.146. The van der Waals surface area contributed by atoms with E-state index in [1.165, 1.54) is 23.5 Å². The van der Waals surface area contributed by atoms with Crippen LogP contribution in [-0.2, 0) is 11.3 Å². The van der Waals surface area contributed by atoms with Crippen molar-refractivity contribution in [2.24, 2.45) is 0 Å². The summed E-state index contributed by atoms with van der Waals surface area (Å²) in [6.07, 6.45) is 8.53. The molecule has 4 aromatic rings. The summed E-state index contributed by atoms with van der Waals surface area (Å²) < 4.78 is 21.7. The Kier molecular flexibility index (Phi) is 9.82. The zero-order valence-electron chi connectivity index (χ0n) is 25.0. The highest BCUT2D eigenvalue weighted by Crippen LogP contribution is 2.39. The number of aromatic nitrogens is 2. The lowest BCUT2D eigenvalue weighted by Gasteiger charge is -2.34. The van der Waals surface area contributed by atoms with E-state index in [1.807, 2.05) is 18.3 Å². The van der Waals surface area contributed by atoms with Crippen LogP contribution in [0.5, 0.6) is 11.5 Å². The molecule has 0 bridgehead atoms. The SMILES string of the molecule is O=C(O)CCCCCN1CCN(Cc2ccc(-c3cc4nccc(Oc5ccc(NC(=O)NC6CC6)cc5F)c4s3)nc2)CC1. The monoisotopic (exact) mass is 632 g/mol. The number of benzene rings is 1. The molecule has 1 saturated heterocycles. The van der Waals surface area contributed by atoms with Crippen LogP contribution >= 0.6 is 11.3 Å². The molecule has 1 aromatic carbocycles. The second kappa shape index (κ2) is 14.3. The fourth-order valence-electron chi connectivity index (χ4n) is 5.36. The summed E-state index contributed by atoms with van der Waals surface area (Å²) >= 11 is 1.50. The van der Waals surface area contributed by atoms with Crippen molar-refractivity contribution in [2.75, 3.05) is 38.0 Å². The summed E-state index contributed by atoms with van der Waals surface area (Å²) in [4.78, 5) is 37.7. The summed E-state index contributed by atoms with van der Waals surface area (Å²) in [6.45, 7) is 5.91. The average Bonchev–Trinajstić information content (AvgIpc) is 3.73. The van der Waals surface area contributed by atoms with E-state index >= 15 is 0 Å². The first kappa shape index (κ1) is 30.9. The summed E-state index contributed by atoms with van der Waals surface area (Å²) in [5, 5.41) is 14.2. The Morgan fingerprint density at radius 2 is 1.80 bits per heavy atom. The van der Waals surface area contributed by atoms with Crippen LogP contribution in [-0.4, -0.2) is 75.6 Å². The number of thiophene rings is 1. The van der Waals surface area contributed by atoms with Gasteiger partial charge in [-0.3, -0.25) is 19.7 Å². The number of pyridine rings is 2. The van der Waals surface area contributed by atoms with Gasteiger partial charge in [0.15, 0.2) is 11.6 Å². The zero-order valence-corrected chi connectivity index (χ0v) is 25.8. The predicted octanol–water partition coefficient (Wildman–Crippen LogP) is 6.34. The number of urea groups is 1. The molecule has 1 saturated carbocycles. The summed E-state index contributed by atoms with van der Waals surface area (Å²) in [5.41, 5.74) is 3.09. The third kappa shape index (κ3) is 8.53. The Morgan fingerprint density at radius 1 is 0.978 bits per heavy atom. The van der Waals surface area contributed by atoms with Crippen LogP contribution in [0.25, 0.3) is 20.8 Å². The van der Waals surface area contributed by atoms with E-state index in [1.54, 1.807) is 18.3 Å². The van der Waals surface area contributed by atoms with Crippen LogP contribution in [0.1, 0.15) is 44.1 Å². The molecule has 0 radical (unpaired) electrons. The van der Waals surface area contributed by atoms with Gasteiger partial charge >= 0.3 is 12.0 Å². The molecule has 0 unspecified atom stereocenters. The maximum absolute atomic E-state index is 14.9. The van der Waals surface area contributed by atoms with Crippen LogP contribution in [0.2, 0.25) is 0 Å². The van der Waals surface area contributed by atoms with Crippen LogP contribution in [0.4, 0.5) is 14.9 Å². The van der Waals surface area contributed by atoms with E-state index in [4.69, 9.17) is 14.8 Å². The molecule has 3 N–H and O–H groups in total. The van der Waals surface area contributed by atoms with E-state index in [-0.39, 0.29) is 24.2 Å². The van der Waals surface area contributed by atoms with Crippen molar-refractivity contribution in [1.29, 1.82) is 0 Å². The van der Waals surface area contributed by atoms with Crippen molar-refractivity contribution >= 4 is 39.2 Å². The second-order valence-corrected chi connectivity index (χ2v) is 12.7. The van der Waals surface area contributed by atoms with E-state index < -0.39 is 11.8 Å². The third-order valence-corrected chi connectivity index (χ3v) is 9.17. The van der Waals surface area contributed by atoms with Gasteiger partial charge in [0, 0.05) is 75.4 Å². The van der Waals surface area contributed by atoms with Crippen LogP contribution in [0.15, 0.2) is 54.9 Å². The molecule has 0 spiro atoms. The molecule has 2 fully saturated rings. The Bertz CT molecular complexity index is 1640. The van der Waals surface area contributed by atoms with Gasteiger partial charge in [-0.2, -0.15) is 0 Å². The van der Waals surface area contributed by atoms with Crippen molar-refractivity contribution < 1.29 is 23.8 Å². The largest absolute Gasteiger partial charge is 0.481 e. The molecule has 10 nitrogen and oxygen atoms in total. The molecule has 1 aliphatic heterocycles. The number of rotatable bonds is 13. The highest BCUT2D eigenvalue weighted by atomic mass is 32.1. The molecule has 6 rings (SSSR count). The molecule has 2 aliphatic rings. The minimum Gasteiger partial charge on any atom is -0.481 e. The lowest BCUT2D eigenvalue weighted by molar-refractivity contribution is -0.137. The first-order chi connectivity index (χ1) is 21.9. The van der Waals surface area contributed by atoms with Gasteiger partial charge in [-0.15, -0.1) is 11.3 Å². The molecule has 236 valence electrons. The Labute approximate surface area is 265 Å². The number of piperazine rings is 1. The zero-order chi connectivity index (χ0) is 31.2. The lowest BCUT2D eigenvalue weighted by Crippen LogP contribution is -2.46. The van der Waals surface area contributed by atoms with Gasteiger partial charge in [-0.1, -0.05) is 12.5 Å². The van der Waals surface area contributed by atoms with Crippen molar-refractivity contribution in [1.82, 2.24) is 25.1 Å². The number of nitrogens with one attached hydrogen (secondary N) is 2. The molecule has 3 aromatic heterocycles. The second-order valence-electron chi connectivity index (χ2n) is 11.6. The molecule has 45 heavy (non-hydrogen) atoms. The van der Waals surface area contributed by atoms with Gasteiger partial charge in [0.1, 0.15) is 5.75 Å². The van der Waals surface area contributed by atoms with Gasteiger partial charge in [-0.25, -0.2) is 9.18 Å². The molecular weight excluding hydrogens is 595 g/mol. The van der Waals surface area contributed by atoms with Crippen LogP contribution in [0.3, 0.4) is 0 Å². The lowest BCUT2D eigenvalue weighted by atomic mass is 10.1. The van der Waals surface area contributed by atoms with E-state index in [9.17, 15) is 14.0 Å². The number of carbonyl (C=O) groups is 2. The highest BCUT2D eigenvalue weighted by molar-refractivity contribution is 7.22. The van der Waals surface area contributed by atoms with Gasteiger partial charge in [0.2, 0.25) is 0 Å². The number of fused-ring (bicyclic) bond motifs is 1. The van der Waals surface area contributed by atoms with E-state index in [0.29, 0.717) is 11.4 Å². The molecule has 12 heteroatoms. The topological polar surface area (TPSA) is 120 Å². The average molecular weight is 633 g/mol. The van der Waals surface area contributed by atoms with Gasteiger partial charge < -0.3 is 25.4 Å².